The van der Waals surface area contributed by atoms with Gasteiger partial charge in [-0.2, -0.15) is 0 Å². The normalized spacial score (nSPS) is 11.1. The Hall–Kier alpha value is -1.90. The van der Waals surface area contributed by atoms with Gasteiger partial charge in [0.15, 0.2) is 0 Å². The lowest BCUT2D eigenvalue weighted by Crippen LogP contribution is -2.23. The number of nitrogens with one attached hydrogen (secondary N) is 2. The summed E-state index contributed by atoms with van der Waals surface area (Å²) in [5, 5.41) is 2.72. The van der Waals surface area contributed by atoms with Crippen LogP contribution in [0.2, 0.25) is 0 Å². The van der Waals surface area contributed by atoms with E-state index in [1.54, 1.807) is 31.2 Å². The maximum Gasteiger partial charge on any atom is 0.259 e. The van der Waals surface area contributed by atoms with Crippen LogP contribution in [0.5, 0.6) is 5.75 Å². The van der Waals surface area contributed by atoms with Crippen molar-refractivity contribution in [3.8, 4) is 5.75 Å². The molecule has 0 aliphatic rings. The van der Waals surface area contributed by atoms with Crippen LogP contribution in [0.15, 0.2) is 51.8 Å². The van der Waals surface area contributed by atoms with E-state index < -0.39 is 15.9 Å². The SMILES string of the molecule is CCNS(=O)(=O)c1ccc(OC)c(C(=O)Nc2ccc(Br)cc2)c1. The number of rotatable bonds is 6. The van der Waals surface area contributed by atoms with Gasteiger partial charge < -0.3 is 10.1 Å². The Kier molecular flexibility index (Phi) is 5.98. The zero-order chi connectivity index (χ0) is 17.7. The van der Waals surface area contributed by atoms with Crippen molar-refractivity contribution < 1.29 is 17.9 Å². The molecule has 2 aromatic rings. The summed E-state index contributed by atoms with van der Waals surface area (Å²) in [5.41, 5.74) is 0.726. The molecule has 0 aliphatic carbocycles. The van der Waals surface area contributed by atoms with Crippen LogP contribution >= 0.6 is 15.9 Å². The van der Waals surface area contributed by atoms with E-state index in [4.69, 9.17) is 4.74 Å². The standard InChI is InChI=1S/C16H17BrN2O4S/c1-3-18-24(21,22)13-8-9-15(23-2)14(10-13)16(20)19-12-6-4-11(17)5-7-12/h4-10,18H,3H2,1-2H3,(H,19,20). The van der Waals surface area contributed by atoms with Crippen molar-refractivity contribution >= 4 is 37.5 Å². The zero-order valence-electron chi connectivity index (χ0n) is 13.2. The second-order valence-electron chi connectivity index (χ2n) is 4.82. The minimum atomic E-state index is -3.66. The molecule has 0 atom stereocenters. The maximum absolute atomic E-state index is 12.5. The summed E-state index contributed by atoms with van der Waals surface area (Å²) < 4.78 is 32.7. The summed E-state index contributed by atoms with van der Waals surface area (Å²) >= 11 is 3.32. The van der Waals surface area contributed by atoms with Gasteiger partial charge in [0, 0.05) is 16.7 Å². The van der Waals surface area contributed by atoms with Gasteiger partial charge in [-0.15, -0.1) is 0 Å². The summed E-state index contributed by atoms with van der Waals surface area (Å²) in [4.78, 5) is 12.5. The summed E-state index contributed by atoms with van der Waals surface area (Å²) in [6, 6.07) is 11.2. The number of methoxy groups -OCH3 is 1. The first-order valence-electron chi connectivity index (χ1n) is 7.12. The van der Waals surface area contributed by atoms with E-state index in [1.807, 2.05) is 0 Å². The molecule has 8 heteroatoms. The Labute approximate surface area is 149 Å². The van der Waals surface area contributed by atoms with Crippen LogP contribution < -0.4 is 14.8 Å². The molecule has 128 valence electrons. The molecule has 0 aliphatic heterocycles. The second kappa shape index (κ2) is 7.78. The number of ether oxygens (including phenoxy) is 1. The molecule has 2 N–H and O–H groups in total. The van der Waals surface area contributed by atoms with E-state index in [0.29, 0.717) is 11.4 Å². The van der Waals surface area contributed by atoms with Crippen LogP contribution in [0.25, 0.3) is 0 Å². The molecule has 6 nitrogen and oxygen atoms in total. The third kappa shape index (κ3) is 4.34. The molecule has 0 radical (unpaired) electrons. The average Bonchev–Trinajstić information content (AvgIpc) is 2.56. The highest BCUT2D eigenvalue weighted by atomic mass is 79.9. The van der Waals surface area contributed by atoms with Gasteiger partial charge in [0.2, 0.25) is 10.0 Å². The van der Waals surface area contributed by atoms with Gasteiger partial charge in [0.25, 0.3) is 5.91 Å². The molecule has 0 bridgehead atoms. The van der Waals surface area contributed by atoms with Crippen LogP contribution in [-0.2, 0) is 10.0 Å². The number of anilines is 1. The number of halogens is 1. The highest BCUT2D eigenvalue weighted by Crippen LogP contribution is 2.24. The van der Waals surface area contributed by atoms with Crippen LogP contribution in [0.3, 0.4) is 0 Å². The quantitative estimate of drug-likeness (QED) is 0.763. The summed E-state index contributed by atoms with van der Waals surface area (Å²) in [7, 11) is -2.24. The van der Waals surface area contributed by atoms with Crippen LogP contribution in [0.1, 0.15) is 17.3 Å². The molecule has 0 aromatic heterocycles. The molecule has 2 rings (SSSR count). The second-order valence-corrected chi connectivity index (χ2v) is 7.51. The lowest BCUT2D eigenvalue weighted by molar-refractivity contribution is 0.102. The van der Waals surface area contributed by atoms with Crippen molar-refractivity contribution in [3.05, 3.63) is 52.5 Å². The molecule has 0 heterocycles. The fourth-order valence-electron chi connectivity index (χ4n) is 2.04. The Balaban J connectivity index is 2.36. The minimum absolute atomic E-state index is 0.00565. The van der Waals surface area contributed by atoms with Gasteiger partial charge in [0.05, 0.1) is 17.6 Å². The first-order chi connectivity index (χ1) is 11.4. The average molecular weight is 413 g/mol. The monoisotopic (exact) mass is 412 g/mol. The summed E-state index contributed by atoms with van der Waals surface area (Å²) in [6.45, 7) is 1.94. The van der Waals surface area contributed by atoms with Crippen LogP contribution in [0.4, 0.5) is 5.69 Å². The first kappa shape index (κ1) is 18.4. The van der Waals surface area contributed by atoms with Gasteiger partial charge in [-0.05, 0) is 42.5 Å². The van der Waals surface area contributed by atoms with Crippen molar-refractivity contribution in [2.75, 3.05) is 19.0 Å². The third-order valence-electron chi connectivity index (χ3n) is 3.16. The fraction of sp³-hybridized carbons (Fsp3) is 0.188. The molecule has 0 saturated heterocycles. The van der Waals surface area contributed by atoms with Crippen molar-refractivity contribution in [3.63, 3.8) is 0 Å². The van der Waals surface area contributed by atoms with E-state index in [2.05, 4.69) is 26.0 Å². The molecule has 2 aromatic carbocycles. The van der Waals surface area contributed by atoms with E-state index in [0.717, 1.165) is 4.47 Å². The minimum Gasteiger partial charge on any atom is -0.496 e. The van der Waals surface area contributed by atoms with Gasteiger partial charge in [-0.25, -0.2) is 13.1 Å². The van der Waals surface area contributed by atoms with Gasteiger partial charge >= 0.3 is 0 Å². The third-order valence-corrected chi connectivity index (χ3v) is 5.23. The first-order valence-corrected chi connectivity index (χ1v) is 9.39. The predicted octanol–water partition coefficient (Wildman–Crippen LogP) is 3.01. The smallest absolute Gasteiger partial charge is 0.259 e. The van der Waals surface area contributed by atoms with Crippen LogP contribution in [0, 0.1) is 0 Å². The lowest BCUT2D eigenvalue weighted by atomic mass is 10.2. The van der Waals surface area contributed by atoms with Crippen molar-refractivity contribution in [1.82, 2.24) is 4.72 Å². The van der Waals surface area contributed by atoms with E-state index in [1.165, 1.54) is 25.3 Å². The number of amides is 1. The summed E-state index contributed by atoms with van der Waals surface area (Å²) in [5.74, 6) is -0.164. The van der Waals surface area contributed by atoms with E-state index in [-0.39, 0.29) is 17.0 Å². The molecule has 0 saturated carbocycles. The number of benzene rings is 2. The summed E-state index contributed by atoms with van der Waals surface area (Å²) in [6.07, 6.45) is 0. The van der Waals surface area contributed by atoms with Gasteiger partial charge in [0.1, 0.15) is 5.75 Å². The van der Waals surface area contributed by atoms with Gasteiger partial charge in [-0.3, -0.25) is 4.79 Å². The zero-order valence-corrected chi connectivity index (χ0v) is 15.6. The Morgan fingerprint density at radius 2 is 1.83 bits per heavy atom. The molecule has 0 fully saturated rings. The number of sulfonamides is 1. The number of carbonyl (C=O) groups is 1. The Bertz CT molecular complexity index is 836. The molecule has 0 unspecified atom stereocenters. The number of hydrogen-bond acceptors (Lipinski definition) is 4. The van der Waals surface area contributed by atoms with Gasteiger partial charge in [-0.1, -0.05) is 22.9 Å². The molecule has 24 heavy (non-hydrogen) atoms. The van der Waals surface area contributed by atoms with E-state index in [9.17, 15) is 13.2 Å². The predicted molar refractivity (Wildman–Crippen MR) is 96.0 cm³/mol. The highest BCUT2D eigenvalue weighted by Gasteiger charge is 2.19. The van der Waals surface area contributed by atoms with E-state index >= 15 is 0 Å². The fourth-order valence-corrected chi connectivity index (χ4v) is 3.37. The number of hydrogen-bond donors (Lipinski definition) is 2. The highest BCUT2D eigenvalue weighted by molar-refractivity contribution is 9.10. The topological polar surface area (TPSA) is 84.5 Å². The van der Waals surface area contributed by atoms with Crippen molar-refractivity contribution in [2.45, 2.75) is 11.8 Å². The number of carbonyl (C=O) groups excluding carboxylic acids is 1. The molecular weight excluding hydrogens is 396 g/mol. The molecular formula is C16H17BrN2O4S. The Morgan fingerprint density at radius 3 is 2.42 bits per heavy atom. The van der Waals surface area contributed by atoms with Crippen LogP contribution in [-0.4, -0.2) is 28.0 Å². The lowest BCUT2D eigenvalue weighted by Gasteiger charge is -2.12. The van der Waals surface area contributed by atoms with Crippen molar-refractivity contribution in [2.24, 2.45) is 0 Å². The maximum atomic E-state index is 12.5. The molecule has 1 amide bonds. The largest absolute Gasteiger partial charge is 0.496 e. The Morgan fingerprint density at radius 1 is 1.17 bits per heavy atom. The van der Waals surface area contributed by atoms with Crippen molar-refractivity contribution in [1.29, 1.82) is 0 Å². The molecule has 0 spiro atoms.